The molecule has 0 amide bonds. The molecule has 0 aliphatic carbocycles. The van der Waals surface area contributed by atoms with Gasteiger partial charge in [-0.15, -0.1) is 0 Å². The van der Waals surface area contributed by atoms with Crippen molar-refractivity contribution in [3.8, 4) is 0 Å². The van der Waals surface area contributed by atoms with Crippen LogP contribution < -0.4 is 0 Å². The Balaban J connectivity index is 1.99. The molecule has 2 rings (SSSR count). The van der Waals surface area contributed by atoms with Crippen molar-refractivity contribution in [3.05, 3.63) is 54.1 Å². The van der Waals surface area contributed by atoms with Crippen molar-refractivity contribution in [1.29, 1.82) is 0 Å². The SMILES string of the molecule is CCOCn1cnc(/C=C/c2ccccc2)c1. The minimum atomic E-state index is 0.558. The monoisotopic (exact) mass is 228 g/mol. The summed E-state index contributed by atoms with van der Waals surface area (Å²) < 4.78 is 7.22. The minimum absolute atomic E-state index is 0.558. The van der Waals surface area contributed by atoms with Crippen LogP contribution in [-0.4, -0.2) is 16.2 Å². The maximum atomic E-state index is 5.29. The van der Waals surface area contributed by atoms with Crippen LogP contribution in [0.25, 0.3) is 12.2 Å². The Kier molecular flexibility index (Phi) is 4.11. The molecule has 0 N–H and O–H groups in total. The summed E-state index contributed by atoms with van der Waals surface area (Å²) in [6.45, 7) is 3.25. The molecule has 0 atom stereocenters. The van der Waals surface area contributed by atoms with Gasteiger partial charge >= 0.3 is 0 Å². The van der Waals surface area contributed by atoms with Crippen LogP contribution in [0.15, 0.2) is 42.9 Å². The van der Waals surface area contributed by atoms with Gasteiger partial charge in [-0.05, 0) is 18.6 Å². The Hall–Kier alpha value is -1.87. The summed E-state index contributed by atoms with van der Waals surface area (Å²) in [5.74, 6) is 0. The van der Waals surface area contributed by atoms with Crippen molar-refractivity contribution < 1.29 is 4.74 Å². The van der Waals surface area contributed by atoms with Gasteiger partial charge in [0.05, 0.1) is 12.0 Å². The molecule has 0 fully saturated rings. The van der Waals surface area contributed by atoms with E-state index in [2.05, 4.69) is 17.1 Å². The summed E-state index contributed by atoms with van der Waals surface area (Å²) in [5, 5.41) is 0. The van der Waals surface area contributed by atoms with E-state index in [1.54, 1.807) is 6.33 Å². The van der Waals surface area contributed by atoms with Gasteiger partial charge in [-0.3, -0.25) is 0 Å². The molecule has 0 saturated heterocycles. The molecule has 1 aromatic heterocycles. The molecule has 3 nitrogen and oxygen atoms in total. The van der Waals surface area contributed by atoms with Gasteiger partial charge in [0.1, 0.15) is 6.73 Å². The molecule has 0 bridgehead atoms. The largest absolute Gasteiger partial charge is 0.361 e. The third kappa shape index (κ3) is 3.57. The summed E-state index contributed by atoms with van der Waals surface area (Å²) in [7, 11) is 0. The van der Waals surface area contributed by atoms with Crippen molar-refractivity contribution in [1.82, 2.24) is 9.55 Å². The number of ether oxygens (including phenoxy) is 1. The molecule has 88 valence electrons. The normalized spacial score (nSPS) is 11.1. The summed E-state index contributed by atoms with van der Waals surface area (Å²) in [6.07, 6.45) is 7.79. The van der Waals surface area contributed by atoms with Gasteiger partial charge in [0.15, 0.2) is 0 Å². The number of hydrogen-bond acceptors (Lipinski definition) is 2. The second kappa shape index (κ2) is 6.01. The van der Waals surface area contributed by atoms with Crippen LogP contribution in [0.3, 0.4) is 0 Å². The Bertz CT molecular complexity index is 474. The lowest BCUT2D eigenvalue weighted by molar-refractivity contribution is 0.0877. The van der Waals surface area contributed by atoms with Crippen molar-refractivity contribution in [3.63, 3.8) is 0 Å². The van der Waals surface area contributed by atoms with Crippen LogP contribution in [-0.2, 0) is 11.5 Å². The fourth-order valence-electron chi connectivity index (χ4n) is 1.48. The number of hydrogen-bond donors (Lipinski definition) is 0. The van der Waals surface area contributed by atoms with Gasteiger partial charge < -0.3 is 9.30 Å². The highest BCUT2D eigenvalue weighted by Gasteiger charge is 1.94. The first kappa shape index (κ1) is 11.6. The topological polar surface area (TPSA) is 27.1 Å². The lowest BCUT2D eigenvalue weighted by Gasteiger charge is -1.99. The molecule has 0 saturated carbocycles. The van der Waals surface area contributed by atoms with E-state index in [9.17, 15) is 0 Å². The first-order valence-electron chi connectivity index (χ1n) is 5.71. The second-order valence-corrected chi connectivity index (χ2v) is 3.68. The molecule has 17 heavy (non-hydrogen) atoms. The van der Waals surface area contributed by atoms with Gasteiger partial charge in [-0.1, -0.05) is 36.4 Å². The maximum Gasteiger partial charge on any atom is 0.123 e. The molecule has 0 radical (unpaired) electrons. The first-order valence-corrected chi connectivity index (χ1v) is 5.71. The number of rotatable bonds is 5. The summed E-state index contributed by atoms with van der Waals surface area (Å²) in [4.78, 5) is 4.28. The Morgan fingerprint density at radius 2 is 2.06 bits per heavy atom. The van der Waals surface area contributed by atoms with Crippen molar-refractivity contribution in [2.45, 2.75) is 13.7 Å². The fourth-order valence-corrected chi connectivity index (χ4v) is 1.48. The van der Waals surface area contributed by atoms with Crippen LogP contribution in [0.2, 0.25) is 0 Å². The van der Waals surface area contributed by atoms with E-state index < -0.39 is 0 Å². The molecule has 0 unspecified atom stereocenters. The highest BCUT2D eigenvalue weighted by Crippen LogP contribution is 2.06. The number of benzene rings is 1. The lowest BCUT2D eigenvalue weighted by Crippen LogP contribution is -1.98. The van der Waals surface area contributed by atoms with Crippen molar-refractivity contribution in [2.75, 3.05) is 6.61 Å². The van der Waals surface area contributed by atoms with Crippen molar-refractivity contribution >= 4 is 12.2 Å². The van der Waals surface area contributed by atoms with E-state index in [0.29, 0.717) is 13.3 Å². The maximum absolute atomic E-state index is 5.29. The lowest BCUT2D eigenvalue weighted by atomic mass is 10.2. The number of nitrogens with zero attached hydrogens (tertiary/aromatic N) is 2. The third-order valence-corrected chi connectivity index (χ3v) is 2.34. The predicted molar refractivity (Wildman–Crippen MR) is 69.2 cm³/mol. The molecular formula is C14H16N2O. The molecule has 2 aromatic rings. The molecule has 1 heterocycles. The van der Waals surface area contributed by atoms with Crippen LogP contribution in [0, 0.1) is 0 Å². The average Bonchev–Trinajstić information content (AvgIpc) is 2.83. The average molecular weight is 228 g/mol. The molecular weight excluding hydrogens is 212 g/mol. The zero-order valence-electron chi connectivity index (χ0n) is 9.91. The van der Waals surface area contributed by atoms with Gasteiger partial charge in [0, 0.05) is 12.8 Å². The van der Waals surface area contributed by atoms with Crippen LogP contribution in [0.4, 0.5) is 0 Å². The first-order chi connectivity index (χ1) is 8.38. The van der Waals surface area contributed by atoms with E-state index in [4.69, 9.17) is 4.74 Å². The Labute approximate surface area is 101 Å². The Morgan fingerprint density at radius 1 is 1.24 bits per heavy atom. The van der Waals surface area contributed by atoms with Gasteiger partial charge in [0.25, 0.3) is 0 Å². The Morgan fingerprint density at radius 3 is 2.82 bits per heavy atom. The molecule has 0 spiro atoms. The van der Waals surface area contributed by atoms with E-state index >= 15 is 0 Å². The smallest absolute Gasteiger partial charge is 0.123 e. The van der Waals surface area contributed by atoms with Crippen LogP contribution in [0.5, 0.6) is 0 Å². The zero-order valence-corrected chi connectivity index (χ0v) is 9.91. The molecule has 1 aromatic carbocycles. The van der Waals surface area contributed by atoms with Crippen LogP contribution in [0.1, 0.15) is 18.2 Å². The van der Waals surface area contributed by atoms with E-state index in [1.807, 2.05) is 48.0 Å². The van der Waals surface area contributed by atoms with E-state index in [-0.39, 0.29) is 0 Å². The third-order valence-electron chi connectivity index (χ3n) is 2.34. The number of imidazole rings is 1. The molecule has 0 aliphatic heterocycles. The summed E-state index contributed by atoms with van der Waals surface area (Å²) >= 11 is 0. The van der Waals surface area contributed by atoms with Gasteiger partial charge in [-0.2, -0.15) is 0 Å². The highest BCUT2D eigenvalue weighted by atomic mass is 16.5. The predicted octanol–water partition coefficient (Wildman–Crippen LogP) is 3.05. The molecule has 3 heteroatoms. The van der Waals surface area contributed by atoms with Gasteiger partial charge in [-0.25, -0.2) is 4.98 Å². The van der Waals surface area contributed by atoms with E-state index in [0.717, 1.165) is 5.69 Å². The van der Waals surface area contributed by atoms with Crippen molar-refractivity contribution in [2.24, 2.45) is 0 Å². The standard InChI is InChI=1S/C14H16N2O/c1-2-17-12-16-10-14(15-11-16)9-8-13-6-4-3-5-7-13/h3-11H,2,12H2,1H3/b9-8+. The number of aromatic nitrogens is 2. The molecule has 0 aliphatic rings. The zero-order chi connectivity index (χ0) is 11.9. The summed E-state index contributed by atoms with van der Waals surface area (Å²) in [5.41, 5.74) is 2.11. The minimum Gasteiger partial charge on any atom is -0.361 e. The fraction of sp³-hybridized carbons (Fsp3) is 0.214. The van der Waals surface area contributed by atoms with E-state index in [1.165, 1.54) is 5.56 Å². The highest BCUT2D eigenvalue weighted by molar-refractivity contribution is 5.67. The van der Waals surface area contributed by atoms with Crippen LogP contribution >= 0.6 is 0 Å². The quantitative estimate of drug-likeness (QED) is 0.786. The van der Waals surface area contributed by atoms with Gasteiger partial charge in [0.2, 0.25) is 0 Å². The summed E-state index contributed by atoms with van der Waals surface area (Å²) in [6, 6.07) is 10.2. The second-order valence-electron chi connectivity index (χ2n) is 3.68.